The number of hydrogen-bond acceptors (Lipinski definition) is 2. The van der Waals surface area contributed by atoms with Crippen LogP contribution in [0, 0.1) is 5.92 Å². The van der Waals surface area contributed by atoms with Crippen molar-refractivity contribution in [2.75, 3.05) is 12.0 Å². The molecule has 0 heterocycles. The quantitative estimate of drug-likeness (QED) is 0.645. The largest absolute Gasteiger partial charge is 0.324 e. The van der Waals surface area contributed by atoms with Gasteiger partial charge in [0.1, 0.15) is 0 Å². The number of hydrogen-bond donors (Lipinski definition) is 1. The molecule has 0 bridgehead atoms. The monoisotopic (exact) mass is 173 g/mol. The Labute approximate surface area is 74.4 Å². The molecule has 2 N–H and O–H groups in total. The van der Waals surface area contributed by atoms with E-state index in [1.807, 2.05) is 11.8 Å². The van der Waals surface area contributed by atoms with E-state index in [0.29, 0.717) is 5.92 Å². The predicted molar refractivity (Wildman–Crippen MR) is 55.0 cm³/mol. The molecule has 0 aliphatic rings. The Hall–Kier alpha value is 0.0500. The lowest BCUT2D eigenvalue weighted by Crippen LogP contribution is -2.25. The van der Waals surface area contributed by atoms with Gasteiger partial charge < -0.3 is 5.73 Å². The van der Waals surface area contributed by atoms with Gasteiger partial charge in [0.15, 0.2) is 0 Å². The summed E-state index contributed by atoms with van der Waals surface area (Å²) >= 11 is 1.84. The van der Waals surface area contributed by atoms with Gasteiger partial charge >= 0.3 is 0 Å². The third-order valence-corrected chi connectivity index (χ3v) is 2.49. The molecule has 0 saturated carbocycles. The molecule has 0 saturated heterocycles. The standard InChI is InChI=1S/C9H19NS/c1-7(2)8(3)9(10)5-6-11-4/h7,9H,3,5-6,10H2,1-2,4H3. The molecule has 0 aromatic heterocycles. The Morgan fingerprint density at radius 3 is 2.45 bits per heavy atom. The first-order valence-electron chi connectivity index (χ1n) is 4.02. The van der Waals surface area contributed by atoms with E-state index in [1.54, 1.807) is 0 Å². The van der Waals surface area contributed by atoms with Crippen LogP contribution in [0.1, 0.15) is 20.3 Å². The van der Waals surface area contributed by atoms with E-state index in [-0.39, 0.29) is 6.04 Å². The van der Waals surface area contributed by atoms with Gasteiger partial charge in [0.2, 0.25) is 0 Å². The van der Waals surface area contributed by atoms with E-state index < -0.39 is 0 Å². The van der Waals surface area contributed by atoms with Crippen LogP contribution in [0.15, 0.2) is 12.2 Å². The molecular weight excluding hydrogens is 154 g/mol. The normalized spacial score (nSPS) is 13.5. The van der Waals surface area contributed by atoms with Crippen LogP contribution in [0.2, 0.25) is 0 Å². The van der Waals surface area contributed by atoms with Crippen molar-refractivity contribution in [3.05, 3.63) is 12.2 Å². The van der Waals surface area contributed by atoms with Crippen LogP contribution in [-0.2, 0) is 0 Å². The van der Waals surface area contributed by atoms with Crippen molar-refractivity contribution in [3.63, 3.8) is 0 Å². The summed E-state index contributed by atoms with van der Waals surface area (Å²) < 4.78 is 0. The minimum atomic E-state index is 0.197. The van der Waals surface area contributed by atoms with Gasteiger partial charge in [-0.1, -0.05) is 26.0 Å². The Kier molecular flexibility index (Phi) is 5.69. The highest BCUT2D eigenvalue weighted by Crippen LogP contribution is 2.13. The van der Waals surface area contributed by atoms with E-state index in [4.69, 9.17) is 5.73 Å². The summed E-state index contributed by atoms with van der Waals surface area (Å²) in [5, 5.41) is 0. The number of nitrogens with two attached hydrogens (primary N) is 1. The highest BCUT2D eigenvalue weighted by atomic mass is 32.2. The maximum Gasteiger partial charge on any atom is 0.0261 e. The molecule has 1 unspecified atom stereocenters. The highest BCUT2D eigenvalue weighted by Gasteiger charge is 2.09. The summed E-state index contributed by atoms with van der Waals surface area (Å²) in [6.45, 7) is 8.25. The van der Waals surface area contributed by atoms with Gasteiger partial charge in [-0.2, -0.15) is 11.8 Å². The van der Waals surface area contributed by atoms with Gasteiger partial charge in [0, 0.05) is 6.04 Å². The molecule has 0 aliphatic carbocycles. The van der Waals surface area contributed by atoms with Crippen molar-refractivity contribution in [1.29, 1.82) is 0 Å². The molecule has 0 amide bonds. The van der Waals surface area contributed by atoms with Crippen molar-refractivity contribution in [2.45, 2.75) is 26.3 Å². The summed E-state index contributed by atoms with van der Waals surface area (Å²) in [6.07, 6.45) is 3.16. The molecule has 11 heavy (non-hydrogen) atoms. The Balaban J connectivity index is 3.64. The average molecular weight is 173 g/mol. The maximum absolute atomic E-state index is 5.89. The fourth-order valence-electron chi connectivity index (χ4n) is 0.858. The SMILES string of the molecule is C=C(C(C)C)C(N)CCSC. The molecule has 0 aromatic carbocycles. The molecule has 0 aromatic rings. The van der Waals surface area contributed by atoms with Crippen LogP contribution < -0.4 is 5.73 Å². The second-order valence-corrected chi connectivity index (χ2v) is 4.10. The Bertz CT molecular complexity index is 121. The number of thioether (sulfide) groups is 1. The third kappa shape index (κ3) is 4.49. The fourth-order valence-corrected chi connectivity index (χ4v) is 1.35. The van der Waals surface area contributed by atoms with E-state index in [0.717, 1.165) is 12.2 Å². The number of rotatable bonds is 5. The molecule has 2 heteroatoms. The first-order valence-corrected chi connectivity index (χ1v) is 5.42. The summed E-state index contributed by atoms with van der Waals surface area (Å²) in [5.74, 6) is 1.65. The van der Waals surface area contributed by atoms with Crippen LogP contribution in [0.3, 0.4) is 0 Å². The van der Waals surface area contributed by atoms with Crippen molar-refractivity contribution >= 4 is 11.8 Å². The fraction of sp³-hybridized carbons (Fsp3) is 0.778. The minimum Gasteiger partial charge on any atom is -0.324 e. The topological polar surface area (TPSA) is 26.0 Å². The van der Waals surface area contributed by atoms with Crippen molar-refractivity contribution in [2.24, 2.45) is 11.7 Å². The Morgan fingerprint density at radius 1 is 1.55 bits per heavy atom. The Morgan fingerprint density at radius 2 is 2.09 bits per heavy atom. The van der Waals surface area contributed by atoms with Gasteiger partial charge in [-0.15, -0.1) is 0 Å². The summed E-state index contributed by atoms with van der Waals surface area (Å²) in [7, 11) is 0. The lowest BCUT2D eigenvalue weighted by molar-refractivity contribution is 0.635. The molecule has 0 fully saturated rings. The second-order valence-electron chi connectivity index (χ2n) is 3.12. The van der Waals surface area contributed by atoms with Crippen LogP contribution in [0.4, 0.5) is 0 Å². The maximum atomic E-state index is 5.89. The van der Waals surface area contributed by atoms with Gasteiger partial charge in [-0.05, 0) is 24.3 Å². The van der Waals surface area contributed by atoms with E-state index >= 15 is 0 Å². The predicted octanol–water partition coefficient (Wildman–Crippen LogP) is 2.28. The van der Waals surface area contributed by atoms with E-state index in [2.05, 4.69) is 26.7 Å². The van der Waals surface area contributed by atoms with Crippen molar-refractivity contribution in [3.8, 4) is 0 Å². The van der Waals surface area contributed by atoms with Gasteiger partial charge in [-0.3, -0.25) is 0 Å². The van der Waals surface area contributed by atoms with Crippen LogP contribution in [0.5, 0.6) is 0 Å². The first-order chi connectivity index (χ1) is 5.09. The molecule has 1 atom stereocenters. The van der Waals surface area contributed by atoms with Crippen molar-refractivity contribution in [1.82, 2.24) is 0 Å². The highest BCUT2D eigenvalue weighted by molar-refractivity contribution is 7.98. The zero-order valence-electron chi connectivity index (χ0n) is 7.76. The van der Waals surface area contributed by atoms with Crippen LogP contribution >= 0.6 is 11.8 Å². The van der Waals surface area contributed by atoms with Gasteiger partial charge in [0.05, 0.1) is 0 Å². The first kappa shape index (κ1) is 11.1. The van der Waals surface area contributed by atoms with Gasteiger partial charge in [-0.25, -0.2) is 0 Å². The third-order valence-electron chi connectivity index (χ3n) is 1.85. The molecule has 0 aliphatic heterocycles. The molecule has 66 valence electrons. The zero-order chi connectivity index (χ0) is 8.85. The van der Waals surface area contributed by atoms with Gasteiger partial charge in [0.25, 0.3) is 0 Å². The smallest absolute Gasteiger partial charge is 0.0261 e. The molecule has 0 spiro atoms. The lowest BCUT2D eigenvalue weighted by Gasteiger charge is -2.16. The molecule has 1 nitrogen and oxygen atoms in total. The van der Waals surface area contributed by atoms with Crippen LogP contribution in [-0.4, -0.2) is 18.1 Å². The summed E-state index contributed by atoms with van der Waals surface area (Å²) in [6, 6.07) is 0.197. The summed E-state index contributed by atoms with van der Waals surface area (Å²) in [5.41, 5.74) is 7.07. The minimum absolute atomic E-state index is 0.197. The van der Waals surface area contributed by atoms with E-state index in [9.17, 15) is 0 Å². The van der Waals surface area contributed by atoms with Crippen LogP contribution in [0.25, 0.3) is 0 Å². The molecular formula is C9H19NS. The lowest BCUT2D eigenvalue weighted by atomic mass is 9.97. The second kappa shape index (κ2) is 5.67. The zero-order valence-corrected chi connectivity index (χ0v) is 8.58. The van der Waals surface area contributed by atoms with Crippen molar-refractivity contribution < 1.29 is 0 Å². The average Bonchev–Trinajstić information content (AvgIpc) is 1.98. The summed E-state index contributed by atoms with van der Waals surface area (Å²) in [4.78, 5) is 0. The van der Waals surface area contributed by atoms with E-state index in [1.165, 1.54) is 5.57 Å². The molecule has 0 rings (SSSR count). The molecule has 0 radical (unpaired) electrons.